The lowest BCUT2D eigenvalue weighted by molar-refractivity contribution is -0.169. The number of nitrogens with zero attached hydrogens (tertiary/aromatic N) is 8. The minimum Gasteiger partial charge on any atom is -0.497 e. The van der Waals surface area contributed by atoms with Crippen LogP contribution in [0.4, 0.5) is 4.39 Å². The van der Waals surface area contributed by atoms with Crippen LogP contribution in [-0.4, -0.2) is 128 Å². The zero-order chi connectivity index (χ0) is 84.1. The summed E-state index contributed by atoms with van der Waals surface area (Å²) in [5.41, 5.74) is 10.4. The smallest absolute Gasteiger partial charge is 0.337 e. The summed E-state index contributed by atoms with van der Waals surface area (Å²) in [5, 5.41) is 19.5. The molecule has 0 N–H and O–H groups in total. The number of rotatable bonds is 31. The Morgan fingerprint density at radius 2 is 0.752 bits per heavy atom. The summed E-state index contributed by atoms with van der Waals surface area (Å²) >= 11 is 6.38. The molecule has 0 unspecified atom stereocenters. The van der Waals surface area contributed by atoms with Crippen LogP contribution in [-0.2, 0) is 75.8 Å². The molecule has 1 atom stereocenters. The Labute approximate surface area is 696 Å². The van der Waals surface area contributed by atoms with Crippen molar-refractivity contribution in [3.05, 3.63) is 263 Å². The average Bonchev–Trinajstić information content (AvgIpc) is 1.66. The Bertz CT molecular complexity index is 5200. The van der Waals surface area contributed by atoms with Gasteiger partial charge in [-0.1, -0.05) is 128 Å². The fourth-order valence-corrected chi connectivity index (χ4v) is 11.7. The fraction of sp³-hybridized carbons (Fsp3) is 0.304. The van der Waals surface area contributed by atoms with Crippen LogP contribution < -0.4 is 23.7 Å². The van der Waals surface area contributed by atoms with E-state index in [1.807, 2.05) is 209 Å². The SMILES string of the molecule is CC[C@](C)(OCc1cc(-c2cccc(OC)c2)n(Cc2ccccc2Cl)n1)C(=O)OC.COc1cccc(-c2cc(COC(C)(C)C(C)=O)nn2-c2ccccc2C)c1.COc1cccc(-c2cc(COC(C)(C)C(C)=O)nn2-c2ccccc2F)c1.COc1cccc(-c2cc(COC(C)(C)C(C)=O)nn2-c2ccccc2OC)c1.S. The lowest BCUT2D eigenvalue weighted by atomic mass is 10.0. The van der Waals surface area contributed by atoms with Crippen LogP contribution in [0.15, 0.2) is 218 Å². The summed E-state index contributed by atoms with van der Waals surface area (Å²) in [5.74, 6) is 2.78. The second-order valence-electron chi connectivity index (χ2n) is 28.8. The zero-order valence-electron chi connectivity index (χ0n) is 69.6. The molecule has 0 radical (unpaired) electrons. The van der Waals surface area contributed by atoms with E-state index in [0.29, 0.717) is 58.0 Å². The number of aryl methyl sites for hydroxylation is 1. The van der Waals surface area contributed by atoms with Crippen molar-refractivity contribution >= 4 is 48.4 Å². The van der Waals surface area contributed by atoms with Crippen molar-refractivity contribution in [2.75, 3.05) is 42.7 Å². The number of halogens is 2. The highest BCUT2D eigenvalue weighted by atomic mass is 35.5. The molecule has 0 bridgehead atoms. The number of para-hydroxylation sites is 4. The van der Waals surface area contributed by atoms with Crippen molar-refractivity contribution in [3.63, 3.8) is 0 Å². The van der Waals surface area contributed by atoms with Crippen LogP contribution in [0.3, 0.4) is 0 Å². The maximum Gasteiger partial charge on any atom is 0.337 e. The first-order chi connectivity index (χ1) is 55.4. The lowest BCUT2D eigenvalue weighted by Crippen LogP contribution is -2.38. The predicted octanol–water partition coefficient (Wildman–Crippen LogP) is 19.0. The van der Waals surface area contributed by atoms with Crippen LogP contribution in [0, 0.1) is 12.7 Å². The van der Waals surface area contributed by atoms with Gasteiger partial charge in [-0.2, -0.15) is 33.9 Å². The first kappa shape index (κ1) is 91.0. The molecule has 0 spiro atoms. The highest BCUT2D eigenvalue weighted by molar-refractivity contribution is 7.59. The summed E-state index contributed by atoms with van der Waals surface area (Å²) < 4.78 is 76.8. The van der Waals surface area contributed by atoms with Gasteiger partial charge in [-0.25, -0.2) is 23.2 Å². The number of ether oxygens (including phenoxy) is 10. The molecule has 22 nitrogen and oxygen atoms in total. The topological polar surface area (TPSA) is 232 Å². The maximum absolute atomic E-state index is 14.4. The van der Waals surface area contributed by atoms with E-state index < -0.39 is 28.4 Å². The van der Waals surface area contributed by atoms with Crippen LogP contribution in [0.25, 0.3) is 62.1 Å². The fourth-order valence-electron chi connectivity index (χ4n) is 11.5. The molecule has 12 aromatic rings. The molecule has 0 saturated heterocycles. The molecule has 0 aliphatic heterocycles. The Morgan fingerprint density at radius 1 is 0.402 bits per heavy atom. The van der Waals surface area contributed by atoms with Gasteiger partial charge in [-0.3, -0.25) is 19.1 Å². The van der Waals surface area contributed by atoms with Crippen molar-refractivity contribution in [2.45, 2.75) is 145 Å². The molecule has 117 heavy (non-hydrogen) atoms. The highest BCUT2D eigenvalue weighted by Gasteiger charge is 2.35. The minimum atomic E-state index is -1.03. The third kappa shape index (κ3) is 23.6. The largest absolute Gasteiger partial charge is 0.497 e. The number of methoxy groups -OCH3 is 6. The van der Waals surface area contributed by atoms with E-state index >= 15 is 0 Å². The number of carbonyl (C=O) groups is 4. The van der Waals surface area contributed by atoms with E-state index in [0.717, 1.165) is 84.8 Å². The summed E-state index contributed by atoms with van der Waals surface area (Å²) in [6.07, 6.45) is 0.489. The Balaban J connectivity index is 0.000000194. The minimum absolute atomic E-state index is 0. The Morgan fingerprint density at radius 3 is 1.15 bits per heavy atom. The molecule has 8 aromatic carbocycles. The summed E-state index contributed by atoms with van der Waals surface area (Å²) in [4.78, 5) is 47.4. The van der Waals surface area contributed by atoms with Crippen LogP contribution in [0.1, 0.15) is 116 Å². The number of benzene rings is 8. The van der Waals surface area contributed by atoms with Gasteiger partial charge in [0.15, 0.2) is 23.0 Å². The second kappa shape index (κ2) is 41.4. The third-order valence-corrected chi connectivity index (χ3v) is 20.1. The van der Waals surface area contributed by atoms with E-state index in [-0.39, 0.29) is 63.1 Å². The molecule has 25 heteroatoms. The maximum atomic E-state index is 14.4. The molecule has 12 rings (SSSR count). The van der Waals surface area contributed by atoms with Gasteiger partial charge in [0.2, 0.25) is 0 Å². The van der Waals surface area contributed by atoms with Gasteiger partial charge in [0.25, 0.3) is 0 Å². The summed E-state index contributed by atoms with van der Waals surface area (Å²) in [6.45, 7) is 22.0. The number of ketones is 3. The Hall–Kier alpha value is -11.5. The average molecular weight is 1630 g/mol. The molecular formula is C92H104ClFN8O14S. The standard InChI is InChI=1S/C24H27ClN2O4.C23H26N2O4.C23H26N2O3.C22H23FN2O3.H2S/c1-5-24(2,23(28)30-4)31-16-19-14-22(17-10-8-11-20(13-17)29-3)27(26-19)15-18-9-6-7-12-21(18)25;1-16(26)23(2,3)29-15-18-14-21(17-9-8-10-19(13-17)27-4)25(24-18)20-11-6-7-12-22(20)28-5;1-16-9-6-7-12-21(16)25-22(18-10-8-11-20(13-18)27-5)14-19(24-25)15-28-23(3,4)17(2)26;1-15(26)22(2,3)28-14-17-13-21(16-8-7-9-18(12-16)27-4)25(24-17)20-11-6-5-10-19(20)23;/h6-14H,5,15-16H2,1-4H3;6-14H,15H2,1-5H3;6-14H,15H2,1-5H3;5-13H,14H2,1-4H3;1H2/t24-;;;;/m0..../s1. The van der Waals surface area contributed by atoms with E-state index in [4.69, 9.17) is 74.3 Å². The van der Waals surface area contributed by atoms with E-state index in [1.54, 1.807) is 107 Å². The number of aromatic nitrogens is 8. The molecular weight excluding hydrogens is 1530 g/mol. The Kier molecular flexibility index (Phi) is 32.2. The molecule has 0 aliphatic rings. The summed E-state index contributed by atoms with van der Waals surface area (Å²) in [7, 11) is 9.51. The van der Waals surface area contributed by atoms with Gasteiger partial charge in [-0.05, 0) is 203 Å². The normalized spacial score (nSPS) is 11.7. The van der Waals surface area contributed by atoms with Gasteiger partial charge in [0, 0.05) is 27.3 Å². The van der Waals surface area contributed by atoms with Crippen LogP contribution in [0.2, 0.25) is 5.02 Å². The van der Waals surface area contributed by atoms with Gasteiger partial charge in [-0.15, -0.1) is 0 Å². The van der Waals surface area contributed by atoms with Crippen molar-refractivity contribution in [1.82, 2.24) is 39.1 Å². The number of hydrogen-bond donors (Lipinski definition) is 0. The second-order valence-corrected chi connectivity index (χ2v) is 29.2. The zero-order valence-corrected chi connectivity index (χ0v) is 71.3. The monoisotopic (exact) mass is 1630 g/mol. The number of hydrogen-bond acceptors (Lipinski definition) is 18. The van der Waals surface area contributed by atoms with Crippen molar-refractivity contribution in [3.8, 4) is 90.8 Å². The molecule has 0 aliphatic carbocycles. The summed E-state index contributed by atoms with van der Waals surface area (Å²) in [6, 6.07) is 68.5. The number of esters is 1. The molecule has 0 saturated carbocycles. The molecule has 4 heterocycles. The van der Waals surface area contributed by atoms with Crippen molar-refractivity contribution in [2.24, 2.45) is 0 Å². The van der Waals surface area contributed by atoms with E-state index in [9.17, 15) is 23.6 Å². The number of carbonyl (C=O) groups excluding carboxylic acids is 4. The quantitative estimate of drug-likeness (QED) is 0.0367. The molecule has 4 aromatic heterocycles. The first-order valence-electron chi connectivity index (χ1n) is 37.6. The van der Waals surface area contributed by atoms with Crippen molar-refractivity contribution < 1.29 is 70.9 Å². The van der Waals surface area contributed by atoms with Gasteiger partial charge >= 0.3 is 5.97 Å². The van der Waals surface area contributed by atoms with Gasteiger partial charge < -0.3 is 47.4 Å². The third-order valence-electron chi connectivity index (χ3n) is 19.7. The van der Waals surface area contributed by atoms with E-state index in [1.165, 1.54) is 33.9 Å². The highest BCUT2D eigenvalue weighted by Crippen LogP contribution is 2.36. The van der Waals surface area contributed by atoms with Gasteiger partial charge in [0.05, 0.1) is 127 Å². The van der Waals surface area contributed by atoms with Crippen LogP contribution >= 0.6 is 25.1 Å². The first-order valence-corrected chi connectivity index (χ1v) is 38.0. The van der Waals surface area contributed by atoms with E-state index in [2.05, 4.69) is 18.1 Å². The molecule has 0 fully saturated rings. The van der Waals surface area contributed by atoms with Crippen molar-refractivity contribution in [1.29, 1.82) is 0 Å². The molecule has 0 amide bonds. The predicted molar refractivity (Wildman–Crippen MR) is 457 cm³/mol. The number of Topliss-reactive ketones (excluding diaryl/α,β-unsaturated/α-hetero) is 3. The molecule has 616 valence electrons. The van der Waals surface area contributed by atoms with Crippen LogP contribution in [0.5, 0.6) is 28.7 Å². The van der Waals surface area contributed by atoms with Gasteiger partial charge in [0.1, 0.15) is 62.7 Å². The lowest BCUT2D eigenvalue weighted by Gasteiger charge is -2.24.